The lowest BCUT2D eigenvalue weighted by molar-refractivity contribution is 0.876. The quantitative estimate of drug-likeness (QED) is 0.143. The molecule has 0 amide bonds. The van der Waals surface area contributed by atoms with Crippen molar-refractivity contribution in [1.82, 2.24) is 9.55 Å². The number of fused-ring (bicyclic) bond motifs is 9. The molecule has 0 radical (unpaired) electrons. The van der Waals surface area contributed by atoms with Gasteiger partial charge in [0.25, 0.3) is 0 Å². The van der Waals surface area contributed by atoms with Crippen molar-refractivity contribution in [2.75, 3.05) is 0 Å². The maximum absolute atomic E-state index is 6.82. The number of hydrogen-bond acceptors (Lipinski definition) is 2. The summed E-state index contributed by atoms with van der Waals surface area (Å²) in [6, 6.07) is 33.2. The Bertz CT molecular complexity index is 2260. The van der Waals surface area contributed by atoms with Gasteiger partial charge in [0.1, 0.15) is 0 Å². The van der Waals surface area contributed by atoms with E-state index >= 15 is 0 Å². The molecule has 5 heteroatoms. The molecule has 0 fully saturated rings. The molecule has 4 aromatic carbocycles. The average molecular weight is 649 g/mol. The van der Waals surface area contributed by atoms with Crippen molar-refractivity contribution in [2.45, 2.75) is 37.0 Å². The van der Waals surface area contributed by atoms with E-state index in [1.54, 1.807) is 0 Å². The van der Waals surface area contributed by atoms with E-state index in [4.69, 9.17) is 16.8 Å². The molecule has 2 nitrogen and oxygen atoms in total. The highest BCUT2D eigenvalue weighted by molar-refractivity contribution is 8.25. The van der Waals surface area contributed by atoms with Crippen molar-refractivity contribution < 1.29 is 0 Å². The Balaban J connectivity index is 1.32. The number of allylic oxidation sites excluding steroid dienone is 9. The molecular weight excluding hydrogens is 616 g/mol. The molecule has 1 unspecified atom stereocenters. The molecule has 0 spiro atoms. The van der Waals surface area contributed by atoms with E-state index < -0.39 is 6.04 Å². The summed E-state index contributed by atoms with van der Waals surface area (Å²) < 4.78 is 2.44. The van der Waals surface area contributed by atoms with Crippen molar-refractivity contribution in [2.24, 2.45) is 0 Å². The molecular formula is C41H33N2PS2. The summed E-state index contributed by atoms with van der Waals surface area (Å²) in [5.41, 5.74) is 8.66. The topological polar surface area (TPSA) is 17.8 Å². The number of benzene rings is 4. The van der Waals surface area contributed by atoms with Gasteiger partial charge in [-0.3, -0.25) is 4.57 Å². The van der Waals surface area contributed by atoms with Gasteiger partial charge in [0.2, 0.25) is 0 Å². The summed E-state index contributed by atoms with van der Waals surface area (Å²) >= 11 is 6.82. The fourth-order valence-electron chi connectivity index (χ4n) is 7.23. The van der Waals surface area contributed by atoms with Crippen molar-refractivity contribution in [3.8, 4) is 5.69 Å². The Kier molecular flexibility index (Phi) is 6.93. The maximum atomic E-state index is 6.82. The Morgan fingerprint density at radius 1 is 0.696 bits per heavy atom. The van der Waals surface area contributed by atoms with Gasteiger partial charge in [-0.1, -0.05) is 115 Å². The maximum Gasteiger partial charge on any atom is 0.152 e. The highest BCUT2D eigenvalue weighted by Gasteiger charge is 2.33. The molecule has 5 aromatic rings. The van der Waals surface area contributed by atoms with Crippen LogP contribution in [0.5, 0.6) is 0 Å². The van der Waals surface area contributed by atoms with Crippen molar-refractivity contribution in [1.29, 1.82) is 0 Å². The van der Waals surface area contributed by atoms with Crippen molar-refractivity contribution in [3.63, 3.8) is 0 Å². The molecule has 46 heavy (non-hydrogen) atoms. The third-order valence-corrected chi connectivity index (χ3v) is 16.5. The van der Waals surface area contributed by atoms with E-state index in [0.29, 0.717) is 0 Å². The van der Waals surface area contributed by atoms with Gasteiger partial charge in [-0.05, 0) is 106 Å². The predicted molar refractivity (Wildman–Crippen MR) is 203 cm³/mol. The van der Waals surface area contributed by atoms with Gasteiger partial charge in [0, 0.05) is 10.9 Å². The average Bonchev–Trinajstić information content (AvgIpc) is 3.29. The molecule has 0 saturated carbocycles. The molecule has 2 aliphatic heterocycles. The third-order valence-electron chi connectivity index (χ3n) is 9.49. The van der Waals surface area contributed by atoms with E-state index in [0.717, 1.165) is 42.5 Å². The summed E-state index contributed by atoms with van der Waals surface area (Å²) in [5, 5.41) is 6.11. The minimum atomic E-state index is -2.31. The van der Waals surface area contributed by atoms with Gasteiger partial charge in [0.15, 0.2) is 5.82 Å². The molecule has 9 rings (SSSR count). The van der Waals surface area contributed by atoms with E-state index in [9.17, 15) is 0 Å². The normalized spacial score (nSPS) is 18.5. The summed E-state index contributed by atoms with van der Waals surface area (Å²) in [7, 11) is -0.261. The lowest BCUT2D eigenvalue weighted by Crippen LogP contribution is -2.26. The van der Waals surface area contributed by atoms with Crippen LogP contribution in [0.25, 0.3) is 22.3 Å². The molecule has 0 N–H and O–H groups in total. The smallest absolute Gasteiger partial charge is 0.152 e. The van der Waals surface area contributed by atoms with Gasteiger partial charge < -0.3 is 0 Å². The fourth-order valence-corrected chi connectivity index (χ4v) is 13.3. The standard InChI is InChI=1S/C41H33N2PS2/c45-44(32-16-7-3-8-17-32,33-18-9-4-10-19-33)34-22-24-37-39(28-34)46-26-25-30-15-11-12-20-35(30)40(46)41-42-36-23-21-31(27-38(36)43(37)41)29-13-5-1-2-6-14-29/h3-5,7-10,13-28H,1-2,6,11-12H2. The van der Waals surface area contributed by atoms with Crippen molar-refractivity contribution >= 4 is 65.7 Å². The lowest BCUT2D eigenvalue weighted by Gasteiger charge is -2.32. The number of nitrogens with zero attached hydrogens (tertiary/aromatic N) is 2. The minimum Gasteiger partial charge on any atom is -0.291 e. The van der Waals surface area contributed by atoms with E-state index in [-0.39, 0.29) is 10.5 Å². The van der Waals surface area contributed by atoms with Crippen LogP contribution in [0.3, 0.4) is 0 Å². The third kappa shape index (κ3) is 4.42. The zero-order valence-corrected chi connectivity index (χ0v) is 28.0. The fraction of sp³-hybridized carbons (Fsp3) is 0.122. The Morgan fingerprint density at radius 3 is 2.26 bits per heavy atom. The van der Waals surface area contributed by atoms with Crippen molar-refractivity contribution in [3.05, 3.63) is 161 Å². The zero-order chi connectivity index (χ0) is 30.7. The van der Waals surface area contributed by atoms with Crippen LogP contribution in [-0.2, 0) is 11.8 Å². The SMILES string of the molecule is S=P(c1ccccc1)(c1ccccc1)c1ccc2c(c1)S1=C(C3=CCCC=C3C=C1)c1nc3ccc(C4=CCCCC=C4)cc3n1-2. The molecule has 1 aromatic heterocycles. The Labute approximate surface area is 278 Å². The first-order valence-corrected chi connectivity index (χ1v) is 20.2. The van der Waals surface area contributed by atoms with Gasteiger partial charge in [0.05, 0.1) is 21.6 Å². The molecule has 2 aliphatic carbocycles. The molecule has 3 heterocycles. The van der Waals surface area contributed by atoms with Crippen LogP contribution in [0.15, 0.2) is 155 Å². The van der Waals surface area contributed by atoms with Crippen LogP contribution >= 0.6 is 16.5 Å². The second-order valence-electron chi connectivity index (χ2n) is 12.2. The first-order chi connectivity index (χ1) is 22.7. The van der Waals surface area contributed by atoms with Gasteiger partial charge >= 0.3 is 0 Å². The molecule has 0 saturated heterocycles. The van der Waals surface area contributed by atoms with Crippen LogP contribution < -0.4 is 15.9 Å². The summed E-state index contributed by atoms with van der Waals surface area (Å²) in [4.78, 5) is 8.06. The molecule has 1 atom stereocenters. The van der Waals surface area contributed by atoms with Gasteiger partial charge in [-0.25, -0.2) is 4.98 Å². The largest absolute Gasteiger partial charge is 0.291 e. The van der Waals surface area contributed by atoms with Crippen LogP contribution in [-0.4, -0.2) is 14.4 Å². The molecule has 224 valence electrons. The van der Waals surface area contributed by atoms with Crippen LogP contribution in [0.2, 0.25) is 0 Å². The molecule has 4 aliphatic rings. The number of rotatable bonds is 4. The van der Waals surface area contributed by atoms with Crippen LogP contribution in [0.1, 0.15) is 43.5 Å². The van der Waals surface area contributed by atoms with Gasteiger partial charge in [-0.15, -0.1) is 10.5 Å². The monoisotopic (exact) mass is 648 g/mol. The molecule has 0 bridgehead atoms. The van der Waals surface area contributed by atoms with Crippen LogP contribution in [0.4, 0.5) is 0 Å². The summed E-state index contributed by atoms with van der Waals surface area (Å²) in [6.07, 6.45) is 19.8. The minimum absolute atomic E-state index is 0.261. The zero-order valence-electron chi connectivity index (χ0n) is 25.5. The lowest BCUT2D eigenvalue weighted by atomic mass is 9.94. The summed E-state index contributed by atoms with van der Waals surface area (Å²) in [5.74, 6) is 1.08. The van der Waals surface area contributed by atoms with E-state index in [1.165, 1.54) is 60.1 Å². The van der Waals surface area contributed by atoms with E-state index in [1.807, 2.05) is 0 Å². The Hall–Kier alpha value is -4.08. The highest BCUT2D eigenvalue weighted by Crippen LogP contribution is 2.50. The highest BCUT2D eigenvalue weighted by atomic mass is 32.4. The van der Waals surface area contributed by atoms with Crippen LogP contribution in [0, 0.1) is 0 Å². The Morgan fingerprint density at radius 2 is 1.46 bits per heavy atom. The first kappa shape index (κ1) is 28.2. The first-order valence-electron chi connectivity index (χ1n) is 16.2. The second kappa shape index (κ2) is 11.3. The number of hydrogen-bond donors (Lipinski definition) is 0. The van der Waals surface area contributed by atoms with E-state index in [2.05, 4.69) is 143 Å². The number of aromatic nitrogens is 2. The predicted octanol–water partition coefficient (Wildman–Crippen LogP) is 9.24. The second-order valence-corrected chi connectivity index (χ2v) is 18.4. The summed E-state index contributed by atoms with van der Waals surface area (Å²) in [6.45, 7) is 0. The number of imidazole rings is 1. The van der Waals surface area contributed by atoms with Gasteiger partial charge in [-0.2, -0.15) is 0 Å².